The third-order valence-electron chi connectivity index (χ3n) is 7.81. The Kier molecular flexibility index (Phi) is 10.3. The van der Waals surface area contributed by atoms with Gasteiger partial charge in [0.05, 0.1) is 33.1 Å². The number of anilines is 2. The van der Waals surface area contributed by atoms with Gasteiger partial charge in [-0.3, -0.25) is 14.4 Å². The van der Waals surface area contributed by atoms with Crippen LogP contribution in [-0.4, -0.2) is 39.2 Å². The van der Waals surface area contributed by atoms with Crippen molar-refractivity contribution in [1.82, 2.24) is 5.32 Å². The fraction of sp³-hybridized carbons (Fsp3) is 0.364. The predicted octanol–water partition coefficient (Wildman–Crippen LogP) is 6.09. The molecule has 1 aliphatic carbocycles. The van der Waals surface area contributed by atoms with Crippen molar-refractivity contribution in [2.45, 2.75) is 52.1 Å². The van der Waals surface area contributed by atoms with Crippen LogP contribution in [0.3, 0.4) is 0 Å². The molecule has 0 fully saturated rings. The highest BCUT2D eigenvalue weighted by molar-refractivity contribution is 9.10. The maximum absolute atomic E-state index is 13.8. The van der Waals surface area contributed by atoms with Crippen molar-refractivity contribution in [1.29, 1.82) is 0 Å². The SMILES string of the molecule is CC[C@@H](C)[C@H](Nc1ccc2c(cc1=O)[C@@H](NC(C)=O)CCc1cc(OC)c(OC)c(OC)c1-2)C(=O)Nc1cccc(Br)c1. The first-order chi connectivity index (χ1) is 20.6. The van der Waals surface area contributed by atoms with Crippen LogP contribution in [0.1, 0.15) is 50.8 Å². The Morgan fingerprint density at radius 1 is 1.02 bits per heavy atom. The van der Waals surface area contributed by atoms with Gasteiger partial charge in [0.25, 0.3) is 0 Å². The van der Waals surface area contributed by atoms with Gasteiger partial charge in [-0.2, -0.15) is 0 Å². The minimum atomic E-state index is -0.684. The largest absolute Gasteiger partial charge is 0.493 e. The van der Waals surface area contributed by atoms with Crippen molar-refractivity contribution in [3.8, 4) is 28.4 Å². The summed E-state index contributed by atoms with van der Waals surface area (Å²) in [6.07, 6.45) is 1.86. The molecule has 0 radical (unpaired) electrons. The van der Waals surface area contributed by atoms with Crippen LogP contribution < -0.4 is 35.6 Å². The zero-order valence-electron chi connectivity index (χ0n) is 25.3. The highest BCUT2D eigenvalue weighted by atomic mass is 79.9. The van der Waals surface area contributed by atoms with Gasteiger partial charge >= 0.3 is 0 Å². The Morgan fingerprint density at radius 3 is 2.40 bits per heavy atom. The van der Waals surface area contributed by atoms with E-state index in [2.05, 4.69) is 31.9 Å². The second kappa shape index (κ2) is 13.9. The number of rotatable bonds is 10. The first kappa shape index (κ1) is 31.9. The van der Waals surface area contributed by atoms with Crippen molar-refractivity contribution in [3.05, 3.63) is 74.4 Å². The maximum atomic E-state index is 13.8. The highest BCUT2D eigenvalue weighted by Gasteiger charge is 2.30. The van der Waals surface area contributed by atoms with E-state index in [4.69, 9.17) is 14.2 Å². The predicted molar refractivity (Wildman–Crippen MR) is 172 cm³/mol. The van der Waals surface area contributed by atoms with Crippen LogP contribution in [0.2, 0.25) is 0 Å². The van der Waals surface area contributed by atoms with Gasteiger partial charge < -0.3 is 30.2 Å². The van der Waals surface area contributed by atoms with E-state index in [1.165, 1.54) is 6.92 Å². The highest BCUT2D eigenvalue weighted by Crippen LogP contribution is 2.50. The number of carbonyl (C=O) groups excluding carboxylic acids is 2. The molecule has 0 saturated heterocycles. The Hall–Kier alpha value is -4.05. The minimum absolute atomic E-state index is 0.0837. The molecule has 3 aromatic rings. The third-order valence-corrected chi connectivity index (χ3v) is 8.31. The Labute approximate surface area is 260 Å². The molecule has 0 bridgehead atoms. The molecule has 9 nitrogen and oxygen atoms in total. The summed E-state index contributed by atoms with van der Waals surface area (Å²) >= 11 is 3.44. The zero-order valence-corrected chi connectivity index (χ0v) is 26.9. The zero-order chi connectivity index (χ0) is 31.3. The fourth-order valence-corrected chi connectivity index (χ4v) is 5.88. The van der Waals surface area contributed by atoms with Crippen LogP contribution in [0.15, 0.2) is 57.8 Å². The summed E-state index contributed by atoms with van der Waals surface area (Å²) in [6.45, 7) is 5.42. The number of halogens is 1. The van der Waals surface area contributed by atoms with Crippen molar-refractivity contribution in [3.63, 3.8) is 0 Å². The summed E-state index contributed by atoms with van der Waals surface area (Å²) in [7, 11) is 4.67. The van der Waals surface area contributed by atoms with E-state index in [-0.39, 0.29) is 28.8 Å². The van der Waals surface area contributed by atoms with Crippen molar-refractivity contribution >= 4 is 39.1 Å². The molecule has 3 N–H and O–H groups in total. The van der Waals surface area contributed by atoms with Crippen LogP contribution in [0.5, 0.6) is 17.2 Å². The molecule has 0 spiro atoms. The summed E-state index contributed by atoms with van der Waals surface area (Å²) < 4.78 is 18.0. The van der Waals surface area contributed by atoms with Gasteiger partial charge in [-0.1, -0.05) is 48.3 Å². The first-order valence-corrected chi connectivity index (χ1v) is 15.0. The number of nitrogens with one attached hydrogen (secondary N) is 3. The standard InChI is InChI=1S/C33H38BrN3O6/c1-7-18(2)30(33(40)36-22-10-8-9-21(34)16-22)37-26-14-12-23-24(17-27(26)39)25(35-19(3)38)13-11-20-15-28(41-4)31(42-5)32(43-6)29(20)23/h8-10,12,14-18,25,30H,7,11,13H2,1-6H3,(H,35,38)(H,36,40)(H,37,39)/t18-,25+,30+/m1/s1. The molecule has 228 valence electrons. The monoisotopic (exact) mass is 651 g/mol. The summed E-state index contributed by atoms with van der Waals surface area (Å²) in [5.74, 6) is 0.890. The lowest BCUT2D eigenvalue weighted by Gasteiger charge is -2.24. The number of ether oxygens (including phenoxy) is 3. The van der Waals surface area contributed by atoms with Crippen LogP contribution in [0.4, 0.5) is 11.4 Å². The van der Waals surface area contributed by atoms with E-state index in [1.54, 1.807) is 33.5 Å². The van der Waals surface area contributed by atoms with Crippen molar-refractivity contribution < 1.29 is 23.8 Å². The summed E-state index contributed by atoms with van der Waals surface area (Å²) in [5, 5.41) is 9.22. The third kappa shape index (κ3) is 6.96. The average Bonchev–Trinajstić information content (AvgIpc) is 3.22. The molecule has 0 aliphatic heterocycles. The lowest BCUT2D eigenvalue weighted by molar-refractivity contribution is -0.120. The van der Waals surface area contributed by atoms with Crippen molar-refractivity contribution in [2.75, 3.05) is 32.0 Å². The van der Waals surface area contributed by atoms with E-state index in [0.717, 1.165) is 15.6 Å². The molecular weight excluding hydrogens is 614 g/mol. The smallest absolute Gasteiger partial charge is 0.247 e. The molecule has 0 aromatic heterocycles. The molecule has 0 unspecified atom stereocenters. The van der Waals surface area contributed by atoms with Crippen LogP contribution in [-0.2, 0) is 16.0 Å². The number of fused-ring (bicyclic) bond motifs is 3. The fourth-order valence-electron chi connectivity index (χ4n) is 5.48. The molecule has 2 amide bonds. The van der Waals surface area contributed by atoms with Crippen molar-refractivity contribution in [2.24, 2.45) is 5.92 Å². The molecule has 0 heterocycles. The van der Waals surface area contributed by atoms with Gasteiger partial charge in [0.2, 0.25) is 23.0 Å². The Balaban J connectivity index is 1.86. The Bertz CT molecular complexity index is 1580. The van der Waals surface area contributed by atoms with E-state index in [9.17, 15) is 14.4 Å². The van der Waals surface area contributed by atoms with Gasteiger partial charge in [0.1, 0.15) is 6.04 Å². The molecule has 43 heavy (non-hydrogen) atoms. The lowest BCUT2D eigenvalue weighted by Crippen LogP contribution is -2.40. The van der Waals surface area contributed by atoms with Crippen LogP contribution >= 0.6 is 15.9 Å². The van der Waals surface area contributed by atoms with Gasteiger partial charge in [-0.05, 0) is 71.8 Å². The van der Waals surface area contributed by atoms with Gasteiger partial charge in [-0.15, -0.1) is 0 Å². The number of amides is 2. The van der Waals surface area contributed by atoms with Gasteiger partial charge in [0, 0.05) is 22.6 Å². The maximum Gasteiger partial charge on any atom is 0.247 e. The van der Waals surface area contributed by atoms with E-state index < -0.39 is 12.1 Å². The normalized spacial score (nSPS) is 15.1. The van der Waals surface area contributed by atoms with E-state index >= 15 is 0 Å². The topological polar surface area (TPSA) is 115 Å². The van der Waals surface area contributed by atoms with Gasteiger partial charge in [0.15, 0.2) is 11.5 Å². The number of hydrogen-bond acceptors (Lipinski definition) is 7. The molecule has 3 atom stereocenters. The molecular formula is C33H38BrN3O6. The first-order valence-electron chi connectivity index (χ1n) is 14.2. The molecule has 3 aromatic carbocycles. The van der Waals surface area contributed by atoms with Crippen LogP contribution in [0.25, 0.3) is 11.1 Å². The number of benzene rings is 2. The molecule has 1 aliphatic rings. The number of aryl methyl sites for hydroxylation is 1. The van der Waals surface area contributed by atoms with Gasteiger partial charge in [-0.25, -0.2) is 0 Å². The second-order valence-electron chi connectivity index (χ2n) is 10.6. The lowest BCUT2D eigenvalue weighted by atomic mass is 9.95. The molecule has 4 rings (SSSR count). The molecule has 10 heteroatoms. The number of methoxy groups -OCH3 is 3. The summed E-state index contributed by atoms with van der Waals surface area (Å²) in [4.78, 5) is 39.5. The quantitative estimate of drug-likeness (QED) is 0.243. The molecule has 0 saturated carbocycles. The minimum Gasteiger partial charge on any atom is -0.493 e. The average molecular weight is 653 g/mol. The number of carbonyl (C=O) groups is 2. The van der Waals surface area contributed by atoms with E-state index in [0.29, 0.717) is 53.3 Å². The Morgan fingerprint density at radius 2 is 1.77 bits per heavy atom. The summed E-state index contributed by atoms with van der Waals surface area (Å²) in [5.41, 5.74) is 3.67. The van der Waals surface area contributed by atoms with Crippen LogP contribution in [0, 0.1) is 5.92 Å². The summed E-state index contributed by atoms with van der Waals surface area (Å²) in [6, 6.07) is 13.2. The second-order valence-corrected chi connectivity index (χ2v) is 11.5. The number of hydrogen-bond donors (Lipinski definition) is 3. The van der Waals surface area contributed by atoms with E-state index in [1.807, 2.05) is 50.2 Å².